The first-order valence-electron chi connectivity index (χ1n) is 17.2. The van der Waals surface area contributed by atoms with Crippen LogP contribution in [0.2, 0.25) is 0 Å². The topological polar surface area (TPSA) is 43.6 Å². The molecule has 3 heterocycles. The van der Waals surface area contributed by atoms with Crippen LogP contribution in [-0.4, -0.2) is 19.5 Å². The molecule has 1 aliphatic rings. The van der Waals surface area contributed by atoms with Crippen LogP contribution in [0, 0.1) is 0 Å². The first-order valence-corrected chi connectivity index (χ1v) is 18.7. The Kier molecular flexibility index (Phi) is 7.31. The van der Waals surface area contributed by atoms with Crippen LogP contribution >= 0.6 is 31.9 Å². The van der Waals surface area contributed by atoms with E-state index in [9.17, 15) is 0 Å². The van der Waals surface area contributed by atoms with Crippen molar-refractivity contribution in [1.82, 2.24) is 19.5 Å². The summed E-state index contributed by atoms with van der Waals surface area (Å²) < 4.78 is 4.50. The predicted molar refractivity (Wildman–Crippen MR) is 218 cm³/mol. The minimum atomic E-state index is -0.583. The maximum Gasteiger partial charge on any atom is 0.164 e. The molecule has 2 aromatic heterocycles. The van der Waals surface area contributed by atoms with Crippen LogP contribution in [0.3, 0.4) is 0 Å². The van der Waals surface area contributed by atoms with Crippen molar-refractivity contribution in [2.45, 2.75) is 5.41 Å². The van der Waals surface area contributed by atoms with Gasteiger partial charge in [-0.1, -0.05) is 153 Å². The molecule has 0 aliphatic carbocycles. The van der Waals surface area contributed by atoms with Crippen molar-refractivity contribution in [1.29, 1.82) is 0 Å². The molecule has 0 spiro atoms. The summed E-state index contributed by atoms with van der Waals surface area (Å²) in [6.45, 7) is 0. The SMILES string of the molecule is Brc1ccc2c(c1)C(c1ccccc1)(c1ccccc1)c1cc(Br)cc3c4cc(-c5nc(-c6ccccc6)nc(-c6ccccc6)n5)ccc4n-2c13. The second-order valence-electron chi connectivity index (χ2n) is 13.1. The Morgan fingerprint density at radius 3 is 1.52 bits per heavy atom. The third-order valence-electron chi connectivity index (χ3n) is 10.2. The molecule has 0 N–H and O–H groups in total. The van der Waals surface area contributed by atoms with Gasteiger partial charge in [0.25, 0.3) is 0 Å². The Balaban J connectivity index is 1.29. The molecular weight excluding hydrogens is 768 g/mol. The van der Waals surface area contributed by atoms with Gasteiger partial charge in [-0.15, -0.1) is 0 Å². The maximum atomic E-state index is 5.07. The largest absolute Gasteiger partial charge is 0.309 e. The van der Waals surface area contributed by atoms with E-state index in [-0.39, 0.29) is 0 Å². The third-order valence-corrected chi connectivity index (χ3v) is 11.2. The molecule has 4 nitrogen and oxygen atoms in total. The van der Waals surface area contributed by atoms with Crippen LogP contribution in [0.25, 0.3) is 61.7 Å². The first-order chi connectivity index (χ1) is 25.6. The molecule has 0 fully saturated rings. The van der Waals surface area contributed by atoms with Crippen molar-refractivity contribution in [3.05, 3.63) is 201 Å². The number of hydrogen-bond acceptors (Lipinski definition) is 3. The van der Waals surface area contributed by atoms with Gasteiger partial charge < -0.3 is 4.57 Å². The summed E-state index contributed by atoms with van der Waals surface area (Å²) in [6, 6.07) is 59.9. The predicted octanol–water partition coefficient (Wildman–Crippen LogP) is 12.2. The molecule has 6 heteroatoms. The Morgan fingerprint density at radius 1 is 0.423 bits per heavy atom. The lowest BCUT2D eigenvalue weighted by Crippen LogP contribution is -2.35. The Bertz CT molecular complexity index is 2700. The number of rotatable bonds is 5. The van der Waals surface area contributed by atoms with E-state index in [1.165, 1.54) is 27.8 Å². The molecule has 1 aliphatic heterocycles. The molecule has 7 aromatic carbocycles. The van der Waals surface area contributed by atoms with Gasteiger partial charge >= 0.3 is 0 Å². The van der Waals surface area contributed by atoms with Crippen LogP contribution in [0.4, 0.5) is 0 Å². The summed E-state index contributed by atoms with van der Waals surface area (Å²) >= 11 is 7.84. The molecule has 52 heavy (non-hydrogen) atoms. The average Bonchev–Trinajstić information content (AvgIpc) is 3.53. The van der Waals surface area contributed by atoms with Crippen molar-refractivity contribution in [2.24, 2.45) is 0 Å². The van der Waals surface area contributed by atoms with Crippen LogP contribution in [-0.2, 0) is 5.41 Å². The van der Waals surface area contributed by atoms with E-state index in [1.807, 2.05) is 60.7 Å². The first kappa shape index (κ1) is 31.1. The monoisotopic (exact) mass is 794 g/mol. The highest BCUT2D eigenvalue weighted by molar-refractivity contribution is 9.10. The summed E-state index contributed by atoms with van der Waals surface area (Å²) in [5, 5.41) is 2.29. The summed E-state index contributed by atoms with van der Waals surface area (Å²) in [5.41, 5.74) is 10.5. The Hall–Kier alpha value is -5.69. The normalized spacial score (nSPS) is 13.0. The van der Waals surface area contributed by atoms with E-state index in [2.05, 4.69) is 146 Å². The zero-order chi connectivity index (χ0) is 34.8. The number of nitrogens with zero attached hydrogens (tertiary/aromatic N) is 4. The van der Waals surface area contributed by atoms with Gasteiger partial charge in [-0.05, 0) is 70.8 Å². The molecule has 10 rings (SSSR count). The van der Waals surface area contributed by atoms with Gasteiger partial charge in [0.15, 0.2) is 17.5 Å². The highest BCUT2D eigenvalue weighted by atomic mass is 79.9. The van der Waals surface area contributed by atoms with Gasteiger partial charge in [0, 0.05) is 36.4 Å². The average molecular weight is 797 g/mol. The lowest BCUT2D eigenvalue weighted by Gasteiger charge is -2.42. The minimum Gasteiger partial charge on any atom is -0.309 e. The van der Waals surface area contributed by atoms with Gasteiger partial charge in [-0.25, -0.2) is 15.0 Å². The van der Waals surface area contributed by atoms with Crippen LogP contribution in [0.1, 0.15) is 22.3 Å². The molecule has 9 aromatic rings. The van der Waals surface area contributed by atoms with Gasteiger partial charge in [-0.3, -0.25) is 0 Å². The van der Waals surface area contributed by atoms with Gasteiger partial charge in [0.2, 0.25) is 0 Å². The number of halogens is 2. The molecule has 0 atom stereocenters. The highest BCUT2D eigenvalue weighted by Crippen LogP contribution is 2.55. The van der Waals surface area contributed by atoms with Gasteiger partial charge in [-0.2, -0.15) is 0 Å². The Morgan fingerprint density at radius 2 is 0.942 bits per heavy atom. The minimum absolute atomic E-state index is 0.583. The van der Waals surface area contributed by atoms with Crippen LogP contribution in [0.15, 0.2) is 179 Å². The fourth-order valence-corrected chi connectivity index (χ4v) is 8.86. The molecule has 0 radical (unpaired) electrons. The molecule has 0 saturated heterocycles. The van der Waals surface area contributed by atoms with E-state index in [4.69, 9.17) is 15.0 Å². The summed E-state index contributed by atoms with van der Waals surface area (Å²) in [5.74, 6) is 1.92. The highest BCUT2D eigenvalue weighted by Gasteiger charge is 2.45. The summed E-state index contributed by atoms with van der Waals surface area (Å²) in [4.78, 5) is 15.1. The zero-order valence-corrected chi connectivity index (χ0v) is 30.9. The van der Waals surface area contributed by atoms with Crippen molar-refractivity contribution in [3.8, 4) is 39.9 Å². The molecule has 0 amide bonds. The van der Waals surface area contributed by atoms with Crippen LogP contribution in [0.5, 0.6) is 0 Å². The standard InChI is InChI=1S/C46H28Br2N4/c47-34-22-24-41-38(27-34)46(32-17-9-3-10-18-32,33-19-11-4-12-20-33)39-28-35(48)26-37-36-25-31(21-23-40(36)52(41)42(37)39)45-50-43(29-13-5-1-6-14-29)49-44(51-45)30-15-7-2-8-16-30/h1-28H. The number of fused-ring (bicyclic) bond motifs is 5. The van der Waals surface area contributed by atoms with Gasteiger partial charge in [0.1, 0.15) is 0 Å². The quantitative estimate of drug-likeness (QED) is 0.174. The lowest BCUT2D eigenvalue weighted by atomic mass is 9.63. The third kappa shape index (κ3) is 4.75. The number of aromatic nitrogens is 4. The maximum absolute atomic E-state index is 5.07. The molecule has 0 unspecified atom stereocenters. The fourth-order valence-electron chi connectivity index (χ4n) is 8.04. The van der Waals surface area contributed by atoms with Gasteiger partial charge in [0.05, 0.1) is 22.1 Å². The Labute approximate surface area is 317 Å². The second-order valence-corrected chi connectivity index (χ2v) is 14.9. The number of hydrogen-bond donors (Lipinski definition) is 0. The van der Waals surface area contributed by atoms with E-state index in [0.717, 1.165) is 47.6 Å². The summed E-state index contributed by atoms with van der Waals surface area (Å²) in [7, 11) is 0. The number of benzene rings is 7. The van der Waals surface area contributed by atoms with Crippen LogP contribution < -0.4 is 0 Å². The van der Waals surface area contributed by atoms with E-state index in [0.29, 0.717) is 17.5 Å². The lowest BCUT2D eigenvalue weighted by molar-refractivity contribution is 0.726. The summed E-state index contributed by atoms with van der Waals surface area (Å²) in [6.07, 6.45) is 0. The smallest absolute Gasteiger partial charge is 0.164 e. The molecule has 0 bridgehead atoms. The molecule has 0 saturated carbocycles. The van der Waals surface area contributed by atoms with Crippen molar-refractivity contribution in [2.75, 3.05) is 0 Å². The molecular formula is C46H28Br2N4. The van der Waals surface area contributed by atoms with E-state index in [1.54, 1.807) is 0 Å². The van der Waals surface area contributed by atoms with E-state index < -0.39 is 5.41 Å². The van der Waals surface area contributed by atoms with Crippen molar-refractivity contribution < 1.29 is 0 Å². The fraction of sp³-hybridized carbons (Fsp3) is 0.0217. The molecule has 246 valence electrons. The zero-order valence-electron chi connectivity index (χ0n) is 27.7. The van der Waals surface area contributed by atoms with Crippen molar-refractivity contribution in [3.63, 3.8) is 0 Å². The van der Waals surface area contributed by atoms with E-state index >= 15 is 0 Å². The second kappa shape index (κ2) is 12.2. The van der Waals surface area contributed by atoms with Crippen molar-refractivity contribution >= 4 is 53.7 Å².